The lowest BCUT2D eigenvalue weighted by Crippen LogP contribution is -2.48. The zero-order valence-electron chi connectivity index (χ0n) is 15.2. The molecule has 8 nitrogen and oxygen atoms in total. The number of aryl methyl sites for hydroxylation is 2. The zero-order chi connectivity index (χ0) is 20.7. The molecule has 3 amide bonds. The van der Waals surface area contributed by atoms with Crippen LogP contribution in [0.3, 0.4) is 0 Å². The number of benzene rings is 1. The van der Waals surface area contributed by atoms with Gasteiger partial charge in [-0.2, -0.15) is 0 Å². The van der Waals surface area contributed by atoms with E-state index >= 15 is 0 Å². The summed E-state index contributed by atoms with van der Waals surface area (Å²) in [5, 5.41) is 5.01. The summed E-state index contributed by atoms with van der Waals surface area (Å²) in [6, 6.07) is 8.72. The van der Waals surface area contributed by atoms with Crippen molar-refractivity contribution >= 4 is 56.7 Å². The van der Waals surface area contributed by atoms with Gasteiger partial charge in [-0.1, -0.05) is 17.7 Å². The fraction of sp³-hybridized carbons (Fsp3) is 0.222. The molecule has 0 fully saturated rings. The number of hydrogen-bond donors (Lipinski definition) is 4. The second kappa shape index (κ2) is 10.00. The molecule has 1 aromatic carbocycles. The number of rotatable bonds is 5. The summed E-state index contributed by atoms with van der Waals surface area (Å²) in [6.45, 7) is 3.87. The first-order valence-electron chi connectivity index (χ1n) is 8.27. The first kappa shape index (κ1) is 21.6. The SMILES string of the molecule is Cc1ccc(NC(=O)CCC(=O)NNC(=S)NC(=O)c2ccc(Br)o2)c(C)c1. The summed E-state index contributed by atoms with van der Waals surface area (Å²) >= 11 is 8.00. The van der Waals surface area contributed by atoms with Crippen LogP contribution in [0.1, 0.15) is 34.5 Å². The maximum atomic E-state index is 12.0. The number of hydrazine groups is 1. The molecular formula is C18H19BrN4O4S. The Morgan fingerprint density at radius 3 is 2.39 bits per heavy atom. The fourth-order valence-electron chi connectivity index (χ4n) is 2.21. The van der Waals surface area contributed by atoms with Gasteiger partial charge in [-0.15, -0.1) is 0 Å². The van der Waals surface area contributed by atoms with Crippen LogP contribution < -0.4 is 21.5 Å². The molecule has 1 heterocycles. The first-order chi connectivity index (χ1) is 13.2. The van der Waals surface area contributed by atoms with Crippen LogP contribution in [0.4, 0.5) is 5.69 Å². The van der Waals surface area contributed by atoms with Crippen LogP contribution in [0.2, 0.25) is 0 Å². The van der Waals surface area contributed by atoms with Gasteiger partial charge in [0.2, 0.25) is 11.8 Å². The minimum atomic E-state index is -0.565. The number of halogens is 1. The van der Waals surface area contributed by atoms with E-state index in [1.54, 1.807) is 6.07 Å². The van der Waals surface area contributed by atoms with Gasteiger partial charge in [0.25, 0.3) is 5.91 Å². The van der Waals surface area contributed by atoms with Gasteiger partial charge in [-0.25, -0.2) is 0 Å². The van der Waals surface area contributed by atoms with Crippen molar-refractivity contribution < 1.29 is 18.8 Å². The van der Waals surface area contributed by atoms with Gasteiger partial charge >= 0.3 is 0 Å². The van der Waals surface area contributed by atoms with Gasteiger partial charge in [-0.3, -0.25) is 30.6 Å². The largest absolute Gasteiger partial charge is 0.444 e. The van der Waals surface area contributed by atoms with Crippen molar-refractivity contribution in [2.75, 3.05) is 5.32 Å². The summed E-state index contributed by atoms with van der Waals surface area (Å²) in [4.78, 5) is 35.6. The Bertz CT molecular complexity index is 913. The van der Waals surface area contributed by atoms with Crippen molar-refractivity contribution in [3.63, 3.8) is 0 Å². The second-order valence-electron chi connectivity index (χ2n) is 5.93. The van der Waals surface area contributed by atoms with Crippen molar-refractivity contribution in [2.24, 2.45) is 0 Å². The monoisotopic (exact) mass is 466 g/mol. The van der Waals surface area contributed by atoms with E-state index in [0.29, 0.717) is 10.4 Å². The minimum Gasteiger partial charge on any atom is -0.444 e. The number of hydrogen-bond acceptors (Lipinski definition) is 5. The quantitative estimate of drug-likeness (QED) is 0.398. The van der Waals surface area contributed by atoms with E-state index in [1.165, 1.54) is 6.07 Å². The van der Waals surface area contributed by atoms with Gasteiger partial charge in [-0.05, 0) is 65.8 Å². The van der Waals surface area contributed by atoms with Crippen LogP contribution in [0.25, 0.3) is 0 Å². The van der Waals surface area contributed by atoms with Crippen LogP contribution in [0.15, 0.2) is 39.4 Å². The number of amides is 3. The minimum absolute atomic E-state index is 0.000370. The Balaban J connectivity index is 1.69. The molecular weight excluding hydrogens is 448 g/mol. The van der Waals surface area contributed by atoms with Crippen molar-refractivity contribution in [3.05, 3.63) is 51.9 Å². The van der Waals surface area contributed by atoms with E-state index < -0.39 is 11.8 Å². The second-order valence-corrected chi connectivity index (χ2v) is 7.12. The van der Waals surface area contributed by atoms with Crippen LogP contribution in [-0.4, -0.2) is 22.8 Å². The Morgan fingerprint density at radius 1 is 1.04 bits per heavy atom. The highest BCUT2D eigenvalue weighted by Gasteiger charge is 2.13. The van der Waals surface area contributed by atoms with Gasteiger partial charge in [0.15, 0.2) is 15.5 Å². The molecule has 0 spiro atoms. The standard InChI is InChI=1S/C18H19BrN4O4S/c1-10-3-4-12(11(2)9-10)20-15(24)7-8-16(25)22-23-18(28)21-17(26)13-5-6-14(19)27-13/h3-6,9H,7-8H2,1-2H3,(H,20,24)(H,22,25)(H2,21,23,26,28). The molecule has 2 aromatic rings. The Kier molecular flexibility index (Phi) is 7.70. The van der Waals surface area contributed by atoms with Gasteiger partial charge in [0.1, 0.15) is 0 Å². The smallest absolute Gasteiger partial charge is 0.293 e. The first-order valence-corrected chi connectivity index (χ1v) is 9.47. The van der Waals surface area contributed by atoms with Crippen LogP contribution in [-0.2, 0) is 9.59 Å². The lowest BCUT2D eigenvalue weighted by molar-refractivity contribution is -0.124. The molecule has 0 aliphatic heterocycles. The summed E-state index contributed by atoms with van der Waals surface area (Å²) in [6.07, 6.45) is -0.0498. The Morgan fingerprint density at radius 2 is 1.75 bits per heavy atom. The molecule has 0 bridgehead atoms. The van der Waals surface area contributed by atoms with Gasteiger partial charge < -0.3 is 9.73 Å². The highest BCUT2D eigenvalue weighted by atomic mass is 79.9. The third kappa shape index (κ3) is 6.78. The van der Waals surface area contributed by atoms with E-state index in [9.17, 15) is 14.4 Å². The third-order valence-corrected chi connectivity index (χ3v) is 4.20. The fourth-order valence-corrected chi connectivity index (χ4v) is 2.67. The summed E-state index contributed by atoms with van der Waals surface area (Å²) in [7, 11) is 0. The number of anilines is 1. The van der Waals surface area contributed by atoms with Crippen LogP contribution >= 0.6 is 28.1 Å². The molecule has 0 saturated carbocycles. The molecule has 4 N–H and O–H groups in total. The third-order valence-electron chi connectivity index (χ3n) is 3.57. The molecule has 1 aromatic heterocycles. The molecule has 0 aliphatic carbocycles. The number of furan rings is 1. The maximum absolute atomic E-state index is 12.0. The van der Waals surface area contributed by atoms with E-state index in [1.807, 2.05) is 32.0 Å². The van der Waals surface area contributed by atoms with E-state index in [2.05, 4.69) is 37.4 Å². The summed E-state index contributed by atoms with van der Waals surface area (Å²) < 4.78 is 5.49. The molecule has 0 radical (unpaired) electrons. The van der Waals surface area contributed by atoms with Gasteiger partial charge in [0.05, 0.1) is 0 Å². The molecule has 0 aliphatic rings. The van der Waals surface area contributed by atoms with Crippen molar-refractivity contribution in [1.29, 1.82) is 0 Å². The average Bonchev–Trinajstić information content (AvgIpc) is 3.07. The van der Waals surface area contributed by atoms with Crippen LogP contribution in [0.5, 0.6) is 0 Å². The van der Waals surface area contributed by atoms with Crippen LogP contribution in [0, 0.1) is 13.8 Å². The van der Waals surface area contributed by atoms with Crippen molar-refractivity contribution in [2.45, 2.75) is 26.7 Å². The summed E-state index contributed by atoms with van der Waals surface area (Å²) in [5.41, 5.74) is 7.47. The average molecular weight is 467 g/mol. The van der Waals surface area contributed by atoms with Crippen molar-refractivity contribution in [3.8, 4) is 0 Å². The van der Waals surface area contributed by atoms with Crippen molar-refractivity contribution in [1.82, 2.24) is 16.2 Å². The Labute approximate surface area is 175 Å². The van der Waals surface area contributed by atoms with Gasteiger partial charge in [0, 0.05) is 18.5 Å². The zero-order valence-corrected chi connectivity index (χ0v) is 17.6. The number of thiocarbonyl (C=S) groups is 1. The highest BCUT2D eigenvalue weighted by molar-refractivity contribution is 9.10. The number of carbonyl (C=O) groups is 3. The molecule has 0 atom stereocenters. The predicted molar refractivity (Wildman–Crippen MR) is 112 cm³/mol. The van der Waals surface area contributed by atoms with E-state index in [0.717, 1.165) is 11.1 Å². The topological polar surface area (TPSA) is 112 Å². The number of nitrogens with one attached hydrogen (secondary N) is 4. The Hall–Kier alpha value is -2.72. The lowest BCUT2D eigenvalue weighted by Gasteiger charge is -2.11. The van der Waals surface area contributed by atoms with E-state index in [4.69, 9.17) is 16.6 Å². The summed E-state index contributed by atoms with van der Waals surface area (Å²) in [5.74, 6) is -1.23. The molecule has 10 heteroatoms. The molecule has 0 unspecified atom stereocenters. The lowest BCUT2D eigenvalue weighted by atomic mass is 10.1. The molecule has 0 saturated heterocycles. The van der Waals surface area contributed by atoms with E-state index in [-0.39, 0.29) is 29.6 Å². The highest BCUT2D eigenvalue weighted by Crippen LogP contribution is 2.16. The molecule has 28 heavy (non-hydrogen) atoms. The molecule has 148 valence electrons. The normalized spacial score (nSPS) is 10.1. The maximum Gasteiger partial charge on any atom is 0.293 e. The molecule has 2 rings (SSSR count). The number of carbonyl (C=O) groups excluding carboxylic acids is 3. The predicted octanol–water partition coefficient (Wildman–Crippen LogP) is 2.71.